The summed E-state index contributed by atoms with van der Waals surface area (Å²) in [6.45, 7) is 6.90. The first-order valence-electron chi connectivity index (χ1n) is 5.94. The van der Waals surface area contributed by atoms with Gasteiger partial charge in [0.05, 0.1) is 19.3 Å². The Morgan fingerprint density at radius 3 is 2.33 bits per heavy atom. The van der Waals surface area contributed by atoms with Crippen LogP contribution in [-0.4, -0.2) is 35.5 Å². The molecule has 0 radical (unpaired) electrons. The lowest BCUT2D eigenvalue weighted by molar-refractivity contribution is 0.111. The molecule has 3 heteroatoms. The molecule has 0 aromatic heterocycles. The number of aliphatic hydroxyl groups is 2. The van der Waals surface area contributed by atoms with Crippen LogP contribution in [0.2, 0.25) is 0 Å². The number of rotatable bonds is 4. The fraction of sp³-hybridized carbons (Fsp3) is 1.00. The minimum atomic E-state index is -0.156. The fourth-order valence-electron chi connectivity index (χ4n) is 2.97. The van der Waals surface area contributed by atoms with Crippen LogP contribution in [0.25, 0.3) is 0 Å². The smallest absolute Gasteiger partial charge is 0.0607 e. The molecule has 1 aliphatic rings. The molecule has 1 rings (SSSR count). The minimum absolute atomic E-state index is 0.0157. The first-order valence-corrected chi connectivity index (χ1v) is 5.94. The summed E-state index contributed by atoms with van der Waals surface area (Å²) in [6.07, 6.45) is 3.56. The Balaban J connectivity index is 2.47. The molecule has 0 aliphatic heterocycles. The van der Waals surface area contributed by atoms with Gasteiger partial charge in [-0.25, -0.2) is 0 Å². The summed E-state index contributed by atoms with van der Waals surface area (Å²) in [4.78, 5) is 0. The summed E-state index contributed by atoms with van der Waals surface area (Å²) in [7, 11) is 0. The zero-order valence-corrected chi connectivity index (χ0v) is 10.2. The Kier molecular flexibility index (Phi) is 4.56. The molecule has 2 atom stereocenters. The van der Waals surface area contributed by atoms with Crippen LogP contribution >= 0.6 is 0 Å². The average molecular weight is 215 g/mol. The molecule has 0 saturated heterocycles. The van der Waals surface area contributed by atoms with Gasteiger partial charge in [-0.15, -0.1) is 0 Å². The van der Waals surface area contributed by atoms with Crippen LogP contribution < -0.4 is 5.32 Å². The van der Waals surface area contributed by atoms with Crippen molar-refractivity contribution in [3.63, 3.8) is 0 Å². The first kappa shape index (κ1) is 12.9. The van der Waals surface area contributed by atoms with Gasteiger partial charge in [-0.05, 0) is 30.6 Å². The molecule has 0 aromatic carbocycles. The zero-order chi connectivity index (χ0) is 11.5. The second kappa shape index (κ2) is 5.28. The van der Waals surface area contributed by atoms with Crippen molar-refractivity contribution in [1.29, 1.82) is 0 Å². The van der Waals surface area contributed by atoms with Crippen LogP contribution in [0.15, 0.2) is 0 Å². The van der Waals surface area contributed by atoms with Gasteiger partial charge in [0.1, 0.15) is 0 Å². The van der Waals surface area contributed by atoms with Gasteiger partial charge in [0.15, 0.2) is 0 Å². The summed E-state index contributed by atoms with van der Waals surface area (Å²) in [6, 6.07) is 0.282. The van der Waals surface area contributed by atoms with Crippen LogP contribution in [0.4, 0.5) is 0 Å². The summed E-state index contributed by atoms with van der Waals surface area (Å²) in [5.41, 5.74) is 0.380. The molecule has 1 saturated carbocycles. The van der Waals surface area contributed by atoms with E-state index in [1.807, 2.05) is 0 Å². The van der Waals surface area contributed by atoms with Gasteiger partial charge in [-0.1, -0.05) is 20.8 Å². The highest BCUT2D eigenvalue weighted by molar-refractivity contribution is 4.88. The molecule has 0 amide bonds. The molecule has 3 N–H and O–H groups in total. The van der Waals surface area contributed by atoms with E-state index in [4.69, 9.17) is 10.2 Å². The van der Waals surface area contributed by atoms with E-state index in [2.05, 4.69) is 26.1 Å². The second-order valence-corrected chi connectivity index (χ2v) is 5.84. The van der Waals surface area contributed by atoms with Crippen molar-refractivity contribution >= 4 is 0 Å². The molecule has 0 aromatic rings. The molecule has 0 unspecified atom stereocenters. The van der Waals surface area contributed by atoms with Crippen LogP contribution in [-0.2, 0) is 0 Å². The van der Waals surface area contributed by atoms with Crippen molar-refractivity contribution in [2.45, 2.75) is 52.1 Å². The van der Waals surface area contributed by atoms with Gasteiger partial charge in [0, 0.05) is 6.04 Å². The van der Waals surface area contributed by atoms with Crippen LogP contribution in [0.1, 0.15) is 40.0 Å². The third-order valence-corrected chi connectivity index (χ3v) is 3.30. The summed E-state index contributed by atoms with van der Waals surface area (Å²) >= 11 is 0. The third kappa shape index (κ3) is 4.09. The Bertz CT molecular complexity index is 190. The molecule has 1 fully saturated rings. The second-order valence-electron chi connectivity index (χ2n) is 5.84. The standard InChI is InChI=1S/C12H25NO2/c1-9-4-10(6-12(2,3)5-9)13-11(7-14)8-15/h9-11,13-15H,4-8H2,1-3H3/t9-,10+/m0/s1. The van der Waals surface area contributed by atoms with Crippen molar-refractivity contribution in [3.8, 4) is 0 Å². The van der Waals surface area contributed by atoms with Gasteiger partial charge in [-0.3, -0.25) is 0 Å². The Morgan fingerprint density at radius 2 is 1.87 bits per heavy atom. The van der Waals surface area contributed by atoms with Crippen molar-refractivity contribution in [3.05, 3.63) is 0 Å². The lowest BCUT2D eigenvalue weighted by Crippen LogP contribution is -2.47. The SMILES string of the molecule is C[C@H]1C[C@@H](NC(CO)CO)CC(C)(C)C1. The van der Waals surface area contributed by atoms with Crippen molar-refractivity contribution in [1.82, 2.24) is 5.32 Å². The normalized spacial score (nSPS) is 30.8. The van der Waals surface area contributed by atoms with Gasteiger partial charge >= 0.3 is 0 Å². The van der Waals surface area contributed by atoms with E-state index < -0.39 is 0 Å². The molecule has 1 aliphatic carbocycles. The predicted octanol–water partition coefficient (Wildman–Crippen LogP) is 1.14. The summed E-state index contributed by atoms with van der Waals surface area (Å²) in [5, 5.41) is 21.4. The monoisotopic (exact) mass is 215 g/mol. The number of nitrogens with one attached hydrogen (secondary N) is 1. The van der Waals surface area contributed by atoms with Crippen LogP contribution in [0, 0.1) is 11.3 Å². The molecular weight excluding hydrogens is 190 g/mol. The Labute approximate surface area is 92.9 Å². The van der Waals surface area contributed by atoms with Crippen molar-refractivity contribution in [2.75, 3.05) is 13.2 Å². The van der Waals surface area contributed by atoms with E-state index >= 15 is 0 Å². The van der Waals surface area contributed by atoms with Gasteiger partial charge in [0.25, 0.3) is 0 Å². The van der Waals surface area contributed by atoms with E-state index in [1.54, 1.807) is 0 Å². The Morgan fingerprint density at radius 1 is 1.27 bits per heavy atom. The summed E-state index contributed by atoms with van der Waals surface area (Å²) in [5.74, 6) is 0.726. The third-order valence-electron chi connectivity index (χ3n) is 3.30. The highest BCUT2D eigenvalue weighted by Gasteiger charge is 2.32. The molecule has 0 bridgehead atoms. The fourth-order valence-corrected chi connectivity index (χ4v) is 2.97. The topological polar surface area (TPSA) is 52.5 Å². The first-order chi connectivity index (χ1) is 6.96. The highest BCUT2D eigenvalue weighted by Crippen LogP contribution is 2.38. The van der Waals surface area contributed by atoms with Crippen LogP contribution in [0.5, 0.6) is 0 Å². The molecule has 0 heterocycles. The number of hydrogen-bond acceptors (Lipinski definition) is 3. The highest BCUT2D eigenvalue weighted by atomic mass is 16.3. The van der Waals surface area contributed by atoms with E-state index in [0.717, 1.165) is 18.8 Å². The van der Waals surface area contributed by atoms with Gasteiger partial charge in [0.2, 0.25) is 0 Å². The lowest BCUT2D eigenvalue weighted by atomic mass is 9.70. The van der Waals surface area contributed by atoms with Crippen molar-refractivity contribution < 1.29 is 10.2 Å². The van der Waals surface area contributed by atoms with Gasteiger partial charge in [-0.2, -0.15) is 0 Å². The largest absolute Gasteiger partial charge is 0.395 e. The van der Waals surface area contributed by atoms with Crippen molar-refractivity contribution in [2.24, 2.45) is 11.3 Å². The molecule has 0 spiro atoms. The van der Waals surface area contributed by atoms with Gasteiger partial charge < -0.3 is 15.5 Å². The number of hydrogen-bond donors (Lipinski definition) is 3. The average Bonchev–Trinajstić information content (AvgIpc) is 2.10. The molecule has 90 valence electrons. The van der Waals surface area contributed by atoms with E-state index in [0.29, 0.717) is 11.5 Å². The molecular formula is C12H25NO2. The van der Waals surface area contributed by atoms with E-state index in [-0.39, 0.29) is 19.3 Å². The number of aliphatic hydroxyl groups excluding tert-OH is 2. The molecule has 3 nitrogen and oxygen atoms in total. The van der Waals surface area contributed by atoms with E-state index in [1.165, 1.54) is 6.42 Å². The maximum Gasteiger partial charge on any atom is 0.0607 e. The quantitative estimate of drug-likeness (QED) is 0.659. The molecule has 15 heavy (non-hydrogen) atoms. The van der Waals surface area contributed by atoms with Crippen LogP contribution in [0.3, 0.4) is 0 Å². The lowest BCUT2D eigenvalue weighted by Gasteiger charge is -2.40. The maximum absolute atomic E-state index is 9.03. The Hall–Kier alpha value is -0.120. The zero-order valence-electron chi connectivity index (χ0n) is 10.2. The predicted molar refractivity (Wildman–Crippen MR) is 61.7 cm³/mol. The minimum Gasteiger partial charge on any atom is -0.395 e. The van der Waals surface area contributed by atoms with E-state index in [9.17, 15) is 0 Å². The summed E-state index contributed by atoms with van der Waals surface area (Å²) < 4.78 is 0. The maximum atomic E-state index is 9.03.